The topological polar surface area (TPSA) is 44.4 Å². The second kappa shape index (κ2) is 8.54. The first-order valence-corrected chi connectivity index (χ1v) is 7.88. The van der Waals surface area contributed by atoms with Crippen molar-refractivity contribution in [2.75, 3.05) is 26.2 Å². The number of hydrogen-bond donors (Lipinski definition) is 2. The van der Waals surface area contributed by atoms with Gasteiger partial charge in [-0.2, -0.15) is 0 Å². The summed E-state index contributed by atoms with van der Waals surface area (Å²) in [5.74, 6) is 0.909. The van der Waals surface area contributed by atoms with Crippen molar-refractivity contribution in [1.82, 2.24) is 15.5 Å². The van der Waals surface area contributed by atoms with E-state index in [1.807, 2.05) is 6.92 Å². The molecular weight excluding hydrogens is 238 g/mol. The van der Waals surface area contributed by atoms with E-state index in [-0.39, 0.29) is 11.9 Å². The van der Waals surface area contributed by atoms with E-state index < -0.39 is 0 Å². The lowest BCUT2D eigenvalue weighted by Gasteiger charge is -2.41. The third kappa shape index (κ3) is 4.77. The van der Waals surface area contributed by atoms with Crippen molar-refractivity contribution < 1.29 is 4.79 Å². The van der Waals surface area contributed by atoms with Crippen molar-refractivity contribution in [3.05, 3.63) is 0 Å². The molecule has 1 saturated heterocycles. The lowest BCUT2D eigenvalue weighted by atomic mass is 9.94. The highest BCUT2D eigenvalue weighted by Crippen LogP contribution is 2.20. The molecule has 1 amide bonds. The second-order valence-corrected chi connectivity index (χ2v) is 5.66. The third-order valence-corrected chi connectivity index (χ3v) is 4.25. The number of carbonyl (C=O) groups is 1. The Hall–Kier alpha value is -0.610. The Morgan fingerprint density at radius 2 is 2.11 bits per heavy atom. The SMILES string of the molecule is CCNC(=O)C1CNCCN1C(CC)CC(C)CC. The first kappa shape index (κ1) is 16.4. The van der Waals surface area contributed by atoms with Crippen LogP contribution in [0.25, 0.3) is 0 Å². The van der Waals surface area contributed by atoms with Crippen LogP contribution in [0.4, 0.5) is 0 Å². The van der Waals surface area contributed by atoms with Crippen LogP contribution < -0.4 is 10.6 Å². The molecule has 1 aliphatic rings. The average Bonchev–Trinajstić information content (AvgIpc) is 2.44. The van der Waals surface area contributed by atoms with Crippen LogP contribution in [0, 0.1) is 5.92 Å². The number of likely N-dealkylation sites (N-methyl/N-ethyl adjacent to an activating group) is 1. The highest BCUT2D eigenvalue weighted by atomic mass is 16.2. The van der Waals surface area contributed by atoms with Gasteiger partial charge >= 0.3 is 0 Å². The quantitative estimate of drug-likeness (QED) is 0.738. The Morgan fingerprint density at radius 1 is 1.37 bits per heavy atom. The van der Waals surface area contributed by atoms with E-state index in [0.29, 0.717) is 12.6 Å². The summed E-state index contributed by atoms with van der Waals surface area (Å²) in [6.07, 6.45) is 3.54. The molecule has 112 valence electrons. The normalized spacial score (nSPS) is 23.9. The molecule has 0 saturated carbocycles. The third-order valence-electron chi connectivity index (χ3n) is 4.25. The summed E-state index contributed by atoms with van der Waals surface area (Å²) in [6, 6.07) is 0.535. The molecule has 0 aromatic carbocycles. The summed E-state index contributed by atoms with van der Waals surface area (Å²) in [7, 11) is 0. The molecule has 4 heteroatoms. The zero-order chi connectivity index (χ0) is 14.3. The van der Waals surface area contributed by atoms with Crippen LogP contribution in [0.5, 0.6) is 0 Å². The molecule has 4 nitrogen and oxygen atoms in total. The maximum absolute atomic E-state index is 12.2. The molecule has 0 aromatic rings. The minimum Gasteiger partial charge on any atom is -0.355 e. The van der Waals surface area contributed by atoms with Gasteiger partial charge in [-0.1, -0.05) is 27.2 Å². The first-order valence-electron chi connectivity index (χ1n) is 7.88. The number of nitrogens with zero attached hydrogens (tertiary/aromatic N) is 1. The number of piperazine rings is 1. The van der Waals surface area contributed by atoms with E-state index >= 15 is 0 Å². The maximum Gasteiger partial charge on any atom is 0.238 e. The molecule has 19 heavy (non-hydrogen) atoms. The molecule has 3 unspecified atom stereocenters. The molecule has 2 N–H and O–H groups in total. The van der Waals surface area contributed by atoms with Crippen LogP contribution in [0.15, 0.2) is 0 Å². The van der Waals surface area contributed by atoms with Gasteiger partial charge < -0.3 is 10.6 Å². The van der Waals surface area contributed by atoms with Crippen LogP contribution in [0.2, 0.25) is 0 Å². The summed E-state index contributed by atoms with van der Waals surface area (Å²) in [5.41, 5.74) is 0. The highest BCUT2D eigenvalue weighted by molar-refractivity contribution is 5.82. The van der Waals surface area contributed by atoms with E-state index in [0.717, 1.165) is 32.0 Å². The van der Waals surface area contributed by atoms with Crippen LogP contribution >= 0.6 is 0 Å². The molecule has 0 spiro atoms. The Kier molecular flexibility index (Phi) is 7.39. The number of hydrogen-bond acceptors (Lipinski definition) is 3. The standard InChI is InChI=1S/C15H31N3O/c1-5-12(4)10-13(6-2)18-9-8-16-11-14(18)15(19)17-7-3/h12-14,16H,5-11H2,1-4H3,(H,17,19). The maximum atomic E-state index is 12.2. The minimum absolute atomic E-state index is 0.00251. The monoisotopic (exact) mass is 269 g/mol. The van der Waals surface area contributed by atoms with Crippen molar-refractivity contribution in [2.45, 2.75) is 59.0 Å². The summed E-state index contributed by atoms with van der Waals surface area (Å²) >= 11 is 0. The van der Waals surface area contributed by atoms with Gasteiger partial charge in [-0.25, -0.2) is 0 Å². The van der Waals surface area contributed by atoms with E-state index in [2.05, 4.69) is 36.3 Å². The predicted octanol–water partition coefficient (Wildman–Crippen LogP) is 1.61. The number of nitrogens with one attached hydrogen (secondary N) is 2. The zero-order valence-corrected chi connectivity index (χ0v) is 13.0. The van der Waals surface area contributed by atoms with Gasteiger partial charge in [0.1, 0.15) is 6.04 Å². The van der Waals surface area contributed by atoms with Gasteiger partial charge in [0.2, 0.25) is 5.91 Å². The number of carbonyl (C=O) groups excluding carboxylic acids is 1. The summed E-state index contributed by atoms with van der Waals surface area (Å²) in [6.45, 7) is 12.2. The number of amides is 1. The smallest absolute Gasteiger partial charge is 0.238 e. The fourth-order valence-electron chi connectivity index (χ4n) is 2.86. The van der Waals surface area contributed by atoms with Crippen LogP contribution in [-0.4, -0.2) is 49.1 Å². The van der Waals surface area contributed by atoms with E-state index in [1.165, 1.54) is 12.8 Å². The predicted molar refractivity (Wildman–Crippen MR) is 80.2 cm³/mol. The fraction of sp³-hybridized carbons (Fsp3) is 0.933. The Morgan fingerprint density at radius 3 is 2.68 bits per heavy atom. The molecule has 1 aliphatic heterocycles. The average molecular weight is 269 g/mol. The lowest BCUT2D eigenvalue weighted by molar-refractivity contribution is -0.128. The summed E-state index contributed by atoms with van der Waals surface area (Å²) in [4.78, 5) is 14.6. The molecule has 0 bridgehead atoms. The second-order valence-electron chi connectivity index (χ2n) is 5.66. The van der Waals surface area contributed by atoms with Gasteiger partial charge in [-0.3, -0.25) is 9.69 Å². The first-order chi connectivity index (χ1) is 9.13. The van der Waals surface area contributed by atoms with E-state index in [4.69, 9.17) is 0 Å². The van der Waals surface area contributed by atoms with Crippen molar-refractivity contribution in [3.8, 4) is 0 Å². The summed E-state index contributed by atoms with van der Waals surface area (Å²) in [5, 5.41) is 6.32. The zero-order valence-electron chi connectivity index (χ0n) is 13.0. The molecule has 1 rings (SSSR count). The molecule has 1 heterocycles. The Bertz CT molecular complexity index is 270. The molecule has 1 fully saturated rings. The van der Waals surface area contributed by atoms with Gasteiger partial charge in [0, 0.05) is 32.2 Å². The van der Waals surface area contributed by atoms with Crippen molar-refractivity contribution in [3.63, 3.8) is 0 Å². The van der Waals surface area contributed by atoms with Crippen molar-refractivity contribution >= 4 is 5.91 Å². The fourth-order valence-corrected chi connectivity index (χ4v) is 2.86. The van der Waals surface area contributed by atoms with Crippen LogP contribution in [-0.2, 0) is 4.79 Å². The van der Waals surface area contributed by atoms with Gasteiger partial charge in [-0.05, 0) is 25.7 Å². The lowest BCUT2D eigenvalue weighted by Crippen LogP contribution is -2.60. The molecule has 3 atom stereocenters. The molecule has 0 radical (unpaired) electrons. The van der Waals surface area contributed by atoms with Crippen molar-refractivity contribution in [2.24, 2.45) is 5.92 Å². The van der Waals surface area contributed by atoms with Gasteiger partial charge in [0.25, 0.3) is 0 Å². The van der Waals surface area contributed by atoms with E-state index in [1.54, 1.807) is 0 Å². The van der Waals surface area contributed by atoms with Crippen LogP contribution in [0.3, 0.4) is 0 Å². The Balaban J connectivity index is 2.70. The van der Waals surface area contributed by atoms with Gasteiger partial charge in [0.15, 0.2) is 0 Å². The number of rotatable bonds is 7. The molecular formula is C15H31N3O. The van der Waals surface area contributed by atoms with Gasteiger partial charge in [-0.15, -0.1) is 0 Å². The van der Waals surface area contributed by atoms with Gasteiger partial charge in [0.05, 0.1) is 0 Å². The Labute approximate surface area is 118 Å². The molecule has 0 aromatic heterocycles. The van der Waals surface area contributed by atoms with Crippen LogP contribution in [0.1, 0.15) is 47.0 Å². The minimum atomic E-state index is 0.00251. The highest BCUT2D eigenvalue weighted by Gasteiger charge is 2.32. The summed E-state index contributed by atoms with van der Waals surface area (Å²) < 4.78 is 0. The molecule has 0 aliphatic carbocycles. The van der Waals surface area contributed by atoms with Crippen molar-refractivity contribution in [1.29, 1.82) is 0 Å². The van der Waals surface area contributed by atoms with E-state index in [9.17, 15) is 4.79 Å². The largest absolute Gasteiger partial charge is 0.355 e.